The second-order valence-corrected chi connectivity index (χ2v) is 4.60. The Hall–Kier alpha value is -0.500. The molecule has 2 heteroatoms. The van der Waals surface area contributed by atoms with E-state index < -0.39 is 0 Å². The monoisotopic (exact) mass is 169 g/mol. The van der Waals surface area contributed by atoms with Gasteiger partial charge in [-0.15, -0.1) is 0 Å². The highest BCUT2D eigenvalue weighted by molar-refractivity contribution is 5.02. The molecule has 0 radical (unpaired) electrons. The summed E-state index contributed by atoms with van der Waals surface area (Å²) in [7, 11) is 0. The van der Waals surface area contributed by atoms with Crippen molar-refractivity contribution < 1.29 is 4.74 Å². The first kappa shape index (κ1) is 9.59. The molecule has 0 aromatic heterocycles. The van der Waals surface area contributed by atoms with Crippen molar-refractivity contribution in [1.82, 2.24) is 0 Å². The lowest BCUT2D eigenvalue weighted by atomic mass is 9.83. The molecule has 0 saturated heterocycles. The molecule has 1 rings (SSSR count). The molecule has 1 unspecified atom stereocenters. The Morgan fingerprint density at radius 3 is 2.50 bits per heavy atom. The van der Waals surface area contributed by atoms with E-state index in [1.54, 1.807) is 0 Å². The van der Waals surface area contributed by atoms with Crippen LogP contribution in [0.4, 0.5) is 0 Å². The van der Waals surface area contributed by atoms with Crippen LogP contribution < -0.4 is 5.73 Å². The van der Waals surface area contributed by atoms with Gasteiger partial charge in [0.25, 0.3) is 0 Å². The highest BCUT2D eigenvalue weighted by Gasteiger charge is 2.31. The third-order valence-electron chi connectivity index (χ3n) is 2.38. The van der Waals surface area contributed by atoms with E-state index in [4.69, 9.17) is 10.5 Å². The minimum atomic E-state index is 0.117. The van der Waals surface area contributed by atoms with Crippen LogP contribution in [-0.2, 0) is 4.74 Å². The third kappa shape index (κ3) is 2.01. The van der Waals surface area contributed by atoms with Crippen molar-refractivity contribution in [3.8, 4) is 0 Å². The fourth-order valence-corrected chi connectivity index (χ4v) is 1.39. The molecule has 1 aliphatic heterocycles. The average Bonchev–Trinajstić information content (AvgIpc) is 2.32. The van der Waals surface area contributed by atoms with Crippen molar-refractivity contribution >= 4 is 0 Å². The molecule has 0 amide bonds. The lowest BCUT2D eigenvalue weighted by Gasteiger charge is -2.31. The summed E-state index contributed by atoms with van der Waals surface area (Å²) in [5, 5.41) is 0. The Morgan fingerprint density at radius 1 is 1.58 bits per heavy atom. The van der Waals surface area contributed by atoms with Gasteiger partial charge in [0.05, 0.1) is 5.76 Å². The van der Waals surface area contributed by atoms with Gasteiger partial charge in [-0.1, -0.05) is 20.8 Å². The summed E-state index contributed by atoms with van der Waals surface area (Å²) < 4.78 is 5.59. The van der Waals surface area contributed by atoms with Crippen LogP contribution >= 0.6 is 0 Å². The number of rotatable bonds is 1. The normalized spacial score (nSPS) is 26.4. The van der Waals surface area contributed by atoms with Gasteiger partial charge in [0, 0.05) is 12.5 Å². The standard InChI is InChI=1S/C10H19NO/c1-7-5-6-8(12-7)9(11)10(2,3)4/h5,8-9H,6,11H2,1-4H3/t8?,9-/m0/s1. The zero-order valence-electron chi connectivity index (χ0n) is 8.42. The molecular weight excluding hydrogens is 150 g/mol. The zero-order chi connectivity index (χ0) is 9.35. The molecular formula is C10H19NO. The Kier molecular flexibility index (Phi) is 2.47. The van der Waals surface area contributed by atoms with Gasteiger partial charge in [0.2, 0.25) is 0 Å². The second kappa shape index (κ2) is 3.09. The molecule has 2 nitrogen and oxygen atoms in total. The van der Waals surface area contributed by atoms with E-state index in [0.717, 1.165) is 12.2 Å². The van der Waals surface area contributed by atoms with E-state index in [2.05, 4.69) is 26.8 Å². The maximum absolute atomic E-state index is 6.06. The Morgan fingerprint density at radius 2 is 2.17 bits per heavy atom. The first-order valence-corrected chi connectivity index (χ1v) is 4.50. The topological polar surface area (TPSA) is 35.2 Å². The smallest absolute Gasteiger partial charge is 0.117 e. The van der Waals surface area contributed by atoms with E-state index >= 15 is 0 Å². The number of hydrogen-bond acceptors (Lipinski definition) is 2. The molecule has 0 fully saturated rings. The number of ether oxygens (including phenoxy) is 1. The molecule has 70 valence electrons. The minimum Gasteiger partial charge on any atom is -0.493 e. The van der Waals surface area contributed by atoms with Gasteiger partial charge in [0.15, 0.2) is 0 Å². The summed E-state index contributed by atoms with van der Waals surface area (Å²) in [6.45, 7) is 8.42. The van der Waals surface area contributed by atoms with Gasteiger partial charge in [-0.25, -0.2) is 0 Å². The van der Waals surface area contributed by atoms with Crippen molar-refractivity contribution in [3.05, 3.63) is 11.8 Å². The molecule has 2 N–H and O–H groups in total. The van der Waals surface area contributed by atoms with Crippen LogP contribution in [0, 0.1) is 5.41 Å². The van der Waals surface area contributed by atoms with Crippen LogP contribution in [0.15, 0.2) is 11.8 Å². The van der Waals surface area contributed by atoms with Crippen LogP contribution in [0.1, 0.15) is 34.1 Å². The van der Waals surface area contributed by atoms with Crippen LogP contribution in [-0.4, -0.2) is 12.1 Å². The largest absolute Gasteiger partial charge is 0.493 e. The average molecular weight is 169 g/mol. The molecule has 0 aliphatic carbocycles. The summed E-state index contributed by atoms with van der Waals surface area (Å²) in [5.74, 6) is 1.01. The fraction of sp³-hybridized carbons (Fsp3) is 0.800. The number of hydrogen-bond donors (Lipinski definition) is 1. The third-order valence-corrected chi connectivity index (χ3v) is 2.38. The molecule has 12 heavy (non-hydrogen) atoms. The maximum atomic E-state index is 6.06. The SMILES string of the molecule is CC1=CCC([C@H](N)C(C)(C)C)O1. The van der Waals surface area contributed by atoms with Crippen molar-refractivity contribution in [2.24, 2.45) is 11.1 Å². The summed E-state index contributed by atoms with van der Waals surface area (Å²) in [6, 6.07) is 0.117. The van der Waals surface area contributed by atoms with E-state index in [1.807, 2.05) is 6.92 Å². The fourth-order valence-electron chi connectivity index (χ4n) is 1.39. The Bertz CT molecular complexity index is 191. The molecule has 1 aliphatic rings. The van der Waals surface area contributed by atoms with Gasteiger partial charge < -0.3 is 10.5 Å². The van der Waals surface area contributed by atoms with Gasteiger partial charge in [-0.05, 0) is 18.4 Å². The second-order valence-electron chi connectivity index (χ2n) is 4.60. The minimum absolute atomic E-state index is 0.117. The molecule has 1 heterocycles. The van der Waals surface area contributed by atoms with Crippen LogP contribution in [0.3, 0.4) is 0 Å². The predicted octanol–water partition coefficient (Wildman–Crippen LogP) is 2.05. The highest BCUT2D eigenvalue weighted by atomic mass is 16.5. The molecule has 2 atom stereocenters. The molecule has 0 aromatic carbocycles. The Labute approximate surface area is 74.8 Å². The van der Waals surface area contributed by atoms with Crippen LogP contribution in [0.5, 0.6) is 0 Å². The lowest BCUT2D eigenvalue weighted by molar-refractivity contribution is 0.0774. The first-order valence-electron chi connectivity index (χ1n) is 4.50. The van der Waals surface area contributed by atoms with Crippen LogP contribution in [0.25, 0.3) is 0 Å². The molecule has 0 bridgehead atoms. The lowest BCUT2D eigenvalue weighted by Crippen LogP contribution is -2.44. The van der Waals surface area contributed by atoms with Crippen molar-refractivity contribution in [1.29, 1.82) is 0 Å². The summed E-state index contributed by atoms with van der Waals surface area (Å²) in [4.78, 5) is 0. The van der Waals surface area contributed by atoms with Gasteiger partial charge in [0.1, 0.15) is 6.10 Å². The summed E-state index contributed by atoms with van der Waals surface area (Å²) >= 11 is 0. The van der Waals surface area contributed by atoms with Crippen molar-refractivity contribution in [2.45, 2.75) is 46.3 Å². The first-order chi connectivity index (χ1) is 5.41. The van der Waals surface area contributed by atoms with Crippen molar-refractivity contribution in [2.75, 3.05) is 0 Å². The number of allylic oxidation sites excluding steroid dienone is 1. The highest BCUT2D eigenvalue weighted by Crippen LogP contribution is 2.27. The molecule has 0 saturated carbocycles. The molecule has 0 spiro atoms. The van der Waals surface area contributed by atoms with Crippen molar-refractivity contribution in [3.63, 3.8) is 0 Å². The predicted molar refractivity (Wildman–Crippen MR) is 50.7 cm³/mol. The van der Waals surface area contributed by atoms with Gasteiger partial charge >= 0.3 is 0 Å². The Balaban J connectivity index is 2.51. The molecule has 0 aromatic rings. The van der Waals surface area contributed by atoms with E-state index in [9.17, 15) is 0 Å². The van der Waals surface area contributed by atoms with Crippen LogP contribution in [0.2, 0.25) is 0 Å². The summed E-state index contributed by atoms with van der Waals surface area (Å²) in [5.41, 5.74) is 6.19. The van der Waals surface area contributed by atoms with E-state index in [1.165, 1.54) is 0 Å². The number of nitrogens with two attached hydrogens (primary N) is 1. The van der Waals surface area contributed by atoms with Gasteiger partial charge in [-0.3, -0.25) is 0 Å². The van der Waals surface area contributed by atoms with Gasteiger partial charge in [-0.2, -0.15) is 0 Å². The zero-order valence-corrected chi connectivity index (χ0v) is 8.42. The quantitative estimate of drug-likeness (QED) is 0.652. The van der Waals surface area contributed by atoms with E-state index in [0.29, 0.717) is 0 Å². The summed E-state index contributed by atoms with van der Waals surface area (Å²) in [6.07, 6.45) is 3.26. The maximum Gasteiger partial charge on any atom is 0.117 e. The van der Waals surface area contributed by atoms with E-state index in [-0.39, 0.29) is 17.6 Å².